The molecule has 0 atom stereocenters. The van der Waals surface area contributed by atoms with Crippen LogP contribution in [-0.4, -0.2) is 24.9 Å². The number of hydrogen-bond donors (Lipinski definition) is 2. The number of aromatic nitrogens is 2. The Morgan fingerprint density at radius 1 is 1.33 bits per heavy atom. The van der Waals surface area contributed by atoms with Crippen molar-refractivity contribution in [3.8, 4) is 0 Å². The van der Waals surface area contributed by atoms with Gasteiger partial charge in [-0.05, 0) is 25.5 Å². The van der Waals surface area contributed by atoms with Crippen LogP contribution in [-0.2, 0) is 16.6 Å². The molecule has 2 heterocycles. The van der Waals surface area contributed by atoms with Crippen LogP contribution >= 0.6 is 11.3 Å². The van der Waals surface area contributed by atoms with Gasteiger partial charge in [0.25, 0.3) is 10.0 Å². The van der Waals surface area contributed by atoms with Gasteiger partial charge < -0.3 is 5.32 Å². The Labute approximate surface area is 128 Å². The molecule has 0 saturated heterocycles. The molecular weight excluding hydrogens is 308 g/mol. The van der Waals surface area contributed by atoms with E-state index in [0.717, 1.165) is 17.0 Å². The Kier molecular flexibility index (Phi) is 5.27. The molecule has 0 bridgehead atoms. The Morgan fingerprint density at radius 2 is 2.14 bits per heavy atom. The number of rotatable bonds is 7. The first-order valence-corrected chi connectivity index (χ1v) is 8.98. The van der Waals surface area contributed by atoms with Crippen LogP contribution in [0.25, 0.3) is 0 Å². The van der Waals surface area contributed by atoms with E-state index in [4.69, 9.17) is 0 Å². The molecule has 0 unspecified atom stereocenters. The fraction of sp³-hybridized carbons (Fsp3) is 0.385. The largest absolute Gasteiger partial charge is 0.383 e. The van der Waals surface area contributed by atoms with Crippen molar-refractivity contribution >= 4 is 27.0 Å². The summed E-state index contributed by atoms with van der Waals surface area (Å²) in [6, 6.07) is 3.43. The molecule has 2 aromatic rings. The molecule has 0 saturated carbocycles. The summed E-state index contributed by atoms with van der Waals surface area (Å²) < 4.78 is 27.4. The van der Waals surface area contributed by atoms with E-state index in [0.29, 0.717) is 12.2 Å². The van der Waals surface area contributed by atoms with Crippen molar-refractivity contribution in [2.75, 3.05) is 11.9 Å². The van der Waals surface area contributed by atoms with Crippen LogP contribution < -0.4 is 10.0 Å². The molecule has 0 aliphatic rings. The molecule has 0 radical (unpaired) electrons. The van der Waals surface area contributed by atoms with Gasteiger partial charge in [0.1, 0.15) is 0 Å². The highest BCUT2D eigenvalue weighted by atomic mass is 32.2. The van der Waals surface area contributed by atoms with Gasteiger partial charge in [0.05, 0.1) is 16.9 Å². The summed E-state index contributed by atoms with van der Waals surface area (Å²) in [5.41, 5.74) is 3.06. The minimum Gasteiger partial charge on any atom is -0.383 e. The lowest BCUT2D eigenvalue weighted by Gasteiger charge is -2.11. The van der Waals surface area contributed by atoms with Gasteiger partial charge in [0, 0.05) is 24.2 Å². The van der Waals surface area contributed by atoms with Crippen LogP contribution in [0.15, 0.2) is 28.9 Å². The third-order valence-corrected chi connectivity index (χ3v) is 5.15. The first-order chi connectivity index (χ1) is 10.0. The molecule has 2 N–H and O–H groups in total. The molecule has 0 spiro atoms. The van der Waals surface area contributed by atoms with Crippen molar-refractivity contribution in [1.29, 1.82) is 0 Å². The van der Waals surface area contributed by atoms with Crippen LogP contribution in [0.3, 0.4) is 0 Å². The van der Waals surface area contributed by atoms with Crippen LogP contribution in [0.5, 0.6) is 0 Å². The Morgan fingerprint density at radius 3 is 2.81 bits per heavy atom. The Hall–Kier alpha value is -1.51. The monoisotopic (exact) mass is 326 g/mol. The summed E-state index contributed by atoms with van der Waals surface area (Å²) in [6.07, 6.45) is 2.38. The van der Waals surface area contributed by atoms with Crippen molar-refractivity contribution in [2.45, 2.75) is 31.8 Å². The zero-order chi connectivity index (χ0) is 15.3. The fourth-order valence-corrected chi connectivity index (χ4v) is 3.63. The topological polar surface area (TPSA) is 84.0 Å². The minimum absolute atomic E-state index is 0.0284. The standard InChI is InChI=1S/C13H18N4O2S2/c1-3-6-14-11-5-4-7-15-13(11)21(18,19)17-8-12-10(2)16-9-20-12/h4-5,7,9,14,17H,3,6,8H2,1-2H3. The predicted octanol–water partition coefficient (Wildman–Crippen LogP) is 2.15. The van der Waals surface area contributed by atoms with Gasteiger partial charge in [-0.25, -0.2) is 23.1 Å². The van der Waals surface area contributed by atoms with Crippen molar-refractivity contribution in [2.24, 2.45) is 0 Å². The summed E-state index contributed by atoms with van der Waals surface area (Å²) in [5, 5.41) is 3.11. The van der Waals surface area contributed by atoms with Crippen LogP contribution in [0.1, 0.15) is 23.9 Å². The van der Waals surface area contributed by atoms with Crippen LogP contribution in [0, 0.1) is 6.92 Å². The molecule has 8 heteroatoms. The van der Waals surface area contributed by atoms with Gasteiger partial charge >= 0.3 is 0 Å². The summed E-state index contributed by atoms with van der Waals surface area (Å²) in [7, 11) is -3.66. The van der Waals surface area contributed by atoms with E-state index in [2.05, 4.69) is 20.0 Å². The highest BCUT2D eigenvalue weighted by molar-refractivity contribution is 7.89. The number of thiazole rings is 1. The molecule has 0 aliphatic heterocycles. The van der Waals surface area contributed by atoms with Gasteiger partial charge in [-0.2, -0.15) is 0 Å². The average Bonchev–Trinajstić information content (AvgIpc) is 2.89. The maximum absolute atomic E-state index is 12.4. The SMILES string of the molecule is CCCNc1cccnc1S(=O)(=O)NCc1scnc1C. The number of pyridine rings is 1. The normalized spacial score (nSPS) is 11.5. The van der Waals surface area contributed by atoms with Gasteiger partial charge in [0.2, 0.25) is 0 Å². The number of nitrogens with one attached hydrogen (secondary N) is 2. The lowest BCUT2D eigenvalue weighted by atomic mass is 10.4. The number of aryl methyl sites for hydroxylation is 1. The molecule has 21 heavy (non-hydrogen) atoms. The lowest BCUT2D eigenvalue weighted by Crippen LogP contribution is -2.25. The molecular formula is C13H18N4O2S2. The first kappa shape index (κ1) is 15.9. The van der Waals surface area contributed by atoms with Crippen molar-refractivity contribution in [1.82, 2.24) is 14.7 Å². The summed E-state index contributed by atoms with van der Waals surface area (Å²) >= 11 is 1.43. The third kappa shape index (κ3) is 3.99. The van der Waals surface area contributed by atoms with E-state index in [1.54, 1.807) is 17.6 Å². The fourth-order valence-electron chi connectivity index (χ4n) is 1.72. The van der Waals surface area contributed by atoms with E-state index in [9.17, 15) is 8.42 Å². The van der Waals surface area contributed by atoms with Gasteiger partial charge in [0.15, 0.2) is 5.03 Å². The Bertz CT molecular complexity index is 698. The highest BCUT2D eigenvalue weighted by Gasteiger charge is 2.20. The summed E-state index contributed by atoms with van der Waals surface area (Å²) in [5.74, 6) is 0. The number of sulfonamides is 1. The summed E-state index contributed by atoms with van der Waals surface area (Å²) in [6.45, 7) is 4.79. The van der Waals surface area contributed by atoms with Gasteiger partial charge in [-0.15, -0.1) is 11.3 Å². The zero-order valence-corrected chi connectivity index (χ0v) is 13.6. The van der Waals surface area contributed by atoms with E-state index in [1.165, 1.54) is 17.5 Å². The predicted molar refractivity (Wildman–Crippen MR) is 83.9 cm³/mol. The molecule has 6 nitrogen and oxygen atoms in total. The van der Waals surface area contributed by atoms with E-state index < -0.39 is 10.0 Å². The van der Waals surface area contributed by atoms with Crippen molar-refractivity contribution in [3.05, 3.63) is 34.4 Å². The third-order valence-electron chi connectivity index (χ3n) is 2.86. The molecule has 2 rings (SSSR count). The molecule has 0 amide bonds. The first-order valence-electron chi connectivity index (χ1n) is 6.62. The quantitative estimate of drug-likeness (QED) is 0.814. The smallest absolute Gasteiger partial charge is 0.260 e. The summed E-state index contributed by atoms with van der Waals surface area (Å²) in [4.78, 5) is 9.00. The number of nitrogens with zero attached hydrogens (tertiary/aromatic N) is 2. The Balaban J connectivity index is 2.17. The van der Waals surface area contributed by atoms with Crippen LogP contribution in [0.2, 0.25) is 0 Å². The lowest BCUT2D eigenvalue weighted by molar-refractivity contribution is 0.578. The maximum atomic E-state index is 12.4. The van der Waals surface area contributed by atoms with E-state index in [-0.39, 0.29) is 11.6 Å². The second kappa shape index (κ2) is 6.97. The van der Waals surface area contributed by atoms with Gasteiger partial charge in [-0.1, -0.05) is 6.92 Å². The van der Waals surface area contributed by atoms with Crippen molar-refractivity contribution < 1.29 is 8.42 Å². The zero-order valence-electron chi connectivity index (χ0n) is 12.0. The molecule has 0 aliphatic carbocycles. The molecule has 2 aromatic heterocycles. The second-order valence-corrected chi connectivity index (χ2v) is 7.09. The molecule has 0 fully saturated rings. The highest BCUT2D eigenvalue weighted by Crippen LogP contribution is 2.19. The maximum Gasteiger partial charge on any atom is 0.260 e. The molecule has 114 valence electrons. The van der Waals surface area contributed by atoms with Crippen LogP contribution in [0.4, 0.5) is 5.69 Å². The average molecular weight is 326 g/mol. The van der Waals surface area contributed by atoms with E-state index in [1.807, 2.05) is 13.8 Å². The second-order valence-electron chi connectivity index (χ2n) is 4.47. The van der Waals surface area contributed by atoms with E-state index >= 15 is 0 Å². The van der Waals surface area contributed by atoms with Gasteiger partial charge in [-0.3, -0.25) is 0 Å². The van der Waals surface area contributed by atoms with Crippen molar-refractivity contribution in [3.63, 3.8) is 0 Å². The number of hydrogen-bond acceptors (Lipinski definition) is 6. The minimum atomic E-state index is -3.66. The number of anilines is 1. The molecule has 0 aromatic carbocycles.